The van der Waals surface area contributed by atoms with Crippen LogP contribution in [0, 0.1) is 23.7 Å². The van der Waals surface area contributed by atoms with Crippen LogP contribution in [0.3, 0.4) is 0 Å². The van der Waals surface area contributed by atoms with E-state index in [4.69, 9.17) is 4.74 Å². The van der Waals surface area contributed by atoms with E-state index >= 15 is 0 Å². The zero-order valence-electron chi connectivity index (χ0n) is 18.1. The molecule has 0 aliphatic heterocycles. The molecule has 0 aromatic heterocycles. The molecular weight excluding hydrogens is 308 g/mol. The fourth-order valence-corrected chi connectivity index (χ4v) is 3.41. The van der Waals surface area contributed by atoms with Crippen molar-refractivity contribution in [2.45, 2.75) is 112 Å². The molecule has 0 rings (SSSR count). The largest absolute Gasteiger partial charge is 0.466 e. The molecule has 2 heteroatoms. The van der Waals surface area contributed by atoms with E-state index in [2.05, 4.69) is 34.6 Å². The lowest BCUT2D eigenvalue weighted by molar-refractivity contribution is -0.143. The van der Waals surface area contributed by atoms with Crippen molar-refractivity contribution in [3.05, 3.63) is 0 Å². The maximum atomic E-state index is 11.1. The average molecular weight is 355 g/mol. The maximum absolute atomic E-state index is 11.1. The minimum absolute atomic E-state index is 0.0701. The first-order chi connectivity index (χ1) is 11.8. The van der Waals surface area contributed by atoms with Gasteiger partial charge in [-0.25, -0.2) is 0 Å². The third-order valence-corrected chi connectivity index (χ3v) is 5.43. The molecule has 0 amide bonds. The van der Waals surface area contributed by atoms with Crippen molar-refractivity contribution in [1.29, 1.82) is 0 Å². The second-order valence-corrected chi connectivity index (χ2v) is 8.86. The molecule has 0 aliphatic carbocycles. The molecule has 0 heterocycles. The van der Waals surface area contributed by atoms with Gasteiger partial charge in [-0.3, -0.25) is 4.79 Å². The number of esters is 1. The standard InChI is InChI=1S/C23H46O2/c1-7-23(24)25-18-17-22(6)16-10-15-21(5)14-9-13-20(4)12-8-11-19(2)3/h19-22H,7-18H2,1-6H3. The molecule has 0 saturated heterocycles. The Morgan fingerprint density at radius 3 is 1.48 bits per heavy atom. The molecule has 0 saturated carbocycles. The number of hydrogen-bond acceptors (Lipinski definition) is 2. The van der Waals surface area contributed by atoms with Crippen molar-refractivity contribution in [2.75, 3.05) is 6.61 Å². The van der Waals surface area contributed by atoms with Crippen LogP contribution in [0.2, 0.25) is 0 Å². The van der Waals surface area contributed by atoms with Crippen molar-refractivity contribution >= 4 is 5.97 Å². The van der Waals surface area contributed by atoms with E-state index in [0.717, 1.165) is 24.2 Å². The molecule has 2 nitrogen and oxygen atoms in total. The van der Waals surface area contributed by atoms with E-state index in [0.29, 0.717) is 18.9 Å². The third-order valence-electron chi connectivity index (χ3n) is 5.43. The second-order valence-electron chi connectivity index (χ2n) is 8.86. The summed E-state index contributed by atoms with van der Waals surface area (Å²) in [7, 11) is 0. The van der Waals surface area contributed by atoms with Gasteiger partial charge < -0.3 is 4.74 Å². The van der Waals surface area contributed by atoms with Crippen LogP contribution in [-0.4, -0.2) is 12.6 Å². The average Bonchev–Trinajstić information content (AvgIpc) is 2.54. The summed E-state index contributed by atoms with van der Waals surface area (Å²) in [4.78, 5) is 11.1. The zero-order valence-corrected chi connectivity index (χ0v) is 18.1. The number of carbonyl (C=O) groups is 1. The summed E-state index contributed by atoms with van der Waals surface area (Å²) in [6, 6.07) is 0. The van der Waals surface area contributed by atoms with Gasteiger partial charge in [-0.05, 0) is 30.1 Å². The second kappa shape index (κ2) is 15.7. The van der Waals surface area contributed by atoms with Gasteiger partial charge in [-0.15, -0.1) is 0 Å². The quantitative estimate of drug-likeness (QED) is 0.270. The third kappa shape index (κ3) is 16.7. The summed E-state index contributed by atoms with van der Waals surface area (Å²) >= 11 is 0. The Labute approximate surface area is 158 Å². The molecule has 0 radical (unpaired) electrons. The number of ether oxygens (including phenoxy) is 1. The van der Waals surface area contributed by atoms with E-state index < -0.39 is 0 Å². The summed E-state index contributed by atoms with van der Waals surface area (Å²) in [6.45, 7) is 14.2. The fraction of sp³-hybridized carbons (Fsp3) is 0.957. The van der Waals surface area contributed by atoms with Gasteiger partial charge in [0.25, 0.3) is 0 Å². The predicted octanol–water partition coefficient (Wildman–Crippen LogP) is 7.40. The van der Waals surface area contributed by atoms with Crippen LogP contribution in [0.4, 0.5) is 0 Å². The lowest BCUT2D eigenvalue weighted by Gasteiger charge is -2.16. The van der Waals surface area contributed by atoms with Crippen LogP contribution in [0.25, 0.3) is 0 Å². The van der Waals surface area contributed by atoms with E-state index in [1.165, 1.54) is 57.8 Å². The summed E-state index contributed by atoms with van der Waals surface area (Å²) in [5, 5.41) is 0. The van der Waals surface area contributed by atoms with E-state index in [1.807, 2.05) is 6.92 Å². The Morgan fingerprint density at radius 2 is 1.08 bits per heavy atom. The van der Waals surface area contributed by atoms with E-state index in [1.54, 1.807) is 0 Å². The first-order valence-corrected chi connectivity index (χ1v) is 11.0. The number of carbonyl (C=O) groups excluding carboxylic acids is 1. The predicted molar refractivity (Wildman–Crippen MR) is 110 cm³/mol. The summed E-state index contributed by atoms with van der Waals surface area (Å²) < 4.78 is 5.17. The summed E-state index contributed by atoms with van der Waals surface area (Å²) in [6.07, 6.45) is 13.8. The van der Waals surface area contributed by atoms with Crippen LogP contribution in [0.15, 0.2) is 0 Å². The fourth-order valence-electron chi connectivity index (χ4n) is 3.41. The van der Waals surface area contributed by atoms with Gasteiger partial charge in [-0.1, -0.05) is 99.3 Å². The van der Waals surface area contributed by atoms with Crippen LogP contribution in [0.5, 0.6) is 0 Å². The van der Waals surface area contributed by atoms with Gasteiger partial charge in [0.05, 0.1) is 6.61 Å². The Bertz CT molecular complexity index is 311. The van der Waals surface area contributed by atoms with Crippen LogP contribution >= 0.6 is 0 Å². The number of hydrogen-bond donors (Lipinski definition) is 0. The smallest absolute Gasteiger partial charge is 0.305 e. The van der Waals surface area contributed by atoms with Gasteiger partial charge in [-0.2, -0.15) is 0 Å². The highest BCUT2D eigenvalue weighted by molar-refractivity contribution is 5.68. The highest BCUT2D eigenvalue weighted by Crippen LogP contribution is 2.22. The Kier molecular flexibility index (Phi) is 15.4. The molecule has 0 spiro atoms. The SMILES string of the molecule is CCC(=O)OCCC(C)CCCC(C)CCCC(C)CCCC(C)C. The number of rotatable bonds is 16. The monoisotopic (exact) mass is 354 g/mol. The molecule has 0 aromatic rings. The van der Waals surface area contributed by atoms with Gasteiger partial charge in [0.2, 0.25) is 0 Å². The first kappa shape index (κ1) is 24.5. The van der Waals surface area contributed by atoms with E-state index in [-0.39, 0.29) is 5.97 Å². The van der Waals surface area contributed by atoms with Crippen molar-refractivity contribution < 1.29 is 9.53 Å². The maximum Gasteiger partial charge on any atom is 0.305 e. The normalized spacial score (nSPS) is 15.2. The van der Waals surface area contributed by atoms with Gasteiger partial charge in [0.15, 0.2) is 0 Å². The van der Waals surface area contributed by atoms with Gasteiger partial charge in [0.1, 0.15) is 0 Å². The van der Waals surface area contributed by atoms with Gasteiger partial charge >= 0.3 is 5.97 Å². The van der Waals surface area contributed by atoms with E-state index in [9.17, 15) is 4.79 Å². The summed E-state index contributed by atoms with van der Waals surface area (Å²) in [5.41, 5.74) is 0. The minimum atomic E-state index is -0.0701. The van der Waals surface area contributed by atoms with Crippen LogP contribution in [-0.2, 0) is 9.53 Å². The van der Waals surface area contributed by atoms with Crippen LogP contribution in [0.1, 0.15) is 112 Å². The first-order valence-electron chi connectivity index (χ1n) is 11.0. The highest BCUT2D eigenvalue weighted by atomic mass is 16.5. The Morgan fingerprint density at radius 1 is 0.680 bits per heavy atom. The van der Waals surface area contributed by atoms with Crippen LogP contribution < -0.4 is 0 Å². The lowest BCUT2D eigenvalue weighted by atomic mass is 9.91. The highest BCUT2D eigenvalue weighted by Gasteiger charge is 2.08. The molecule has 0 aliphatic rings. The molecule has 0 N–H and O–H groups in total. The lowest BCUT2D eigenvalue weighted by Crippen LogP contribution is -2.08. The molecule has 0 bridgehead atoms. The molecular formula is C23H46O2. The topological polar surface area (TPSA) is 26.3 Å². The van der Waals surface area contributed by atoms with Crippen molar-refractivity contribution in [1.82, 2.24) is 0 Å². The van der Waals surface area contributed by atoms with Crippen molar-refractivity contribution in [3.63, 3.8) is 0 Å². The van der Waals surface area contributed by atoms with Gasteiger partial charge in [0, 0.05) is 6.42 Å². The summed E-state index contributed by atoms with van der Waals surface area (Å²) in [5.74, 6) is 3.20. The Hall–Kier alpha value is -0.530. The van der Waals surface area contributed by atoms with Crippen molar-refractivity contribution in [2.24, 2.45) is 23.7 Å². The van der Waals surface area contributed by atoms with Crippen molar-refractivity contribution in [3.8, 4) is 0 Å². The molecule has 3 unspecified atom stereocenters. The molecule has 3 atom stereocenters. The Balaban J connectivity index is 3.54. The zero-order chi connectivity index (χ0) is 19.1. The molecule has 150 valence electrons. The molecule has 0 fully saturated rings. The molecule has 25 heavy (non-hydrogen) atoms. The minimum Gasteiger partial charge on any atom is -0.466 e. The molecule has 0 aromatic carbocycles.